The number of rotatable bonds is 5. The number of halogens is 2. The summed E-state index contributed by atoms with van der Waals surface area (Å²) in [5.41, 5.74) is 4.08. The van der Waals surface area contributed by atoms with Gasteiger partial charge in [-0.1, -0.05) is 23.2 Å². The molecule has 0 spiro atoms. The lowest BCUT2D eigenvalue weighted by Crippen LogP contribution is -2.30. The first kappa shape index (κ1) is 17.1. The molecule has 2 rings (SSSR count). The number of carbonyl (C=O) groups is 1. The number of amides is 1. The monoisotopic (exact) mass is 343 g/mol. The maximum Gasteiger partial charge on any atom is 0.234 e. The van der Waals surface area contributed by atoms with Gasteiger partial charge in [-0.3, -0.25) is 15.2 Å². The Morgan fingerprint density at radius 2 is 2.27 bits per heavy atom. The molecule has 1 aromatic rings. The normalized spacial score (nSPS) is 17.8. The average molecular weight is 344 g/mol. The van der Waals surface area contributed by atoms with Crippen LogP contribution in [0.1, 0.15) is 37.2 Å². The van der Waals surface area contributed by atoms with Crippen molar-refractivity contribution >= 4 is 34.8 Å². The number of benzene rings is 1. The van der Waals surface area contributed by atoms with Gasteiger partial charge in [0, 0.05) is 30.2 Å². The van der Waals surface area contributed by atoms with Crippen LogP contribution in [0, 0.1) is 0 Å². The van der Waals surface area contributed by atoms with Crippen LogP contribution in [0.3, 0.4) is 0 Å². The van der Waals surface area contributed by atoms with E-state index in [1.165, 1.54) is 0 Å². The lowest BCUT2D eigenvalue weighted by Gasteiger charge is -2.24. The summed E-state index contributed by atoms with van der Waals surface area (Å²) in [6.07, 6.45) is 2.73. The molecule has 1 aliphatic rings. The highest BCUT2D eigenvalue weighted by Crippen LogP contribution is 2.41. The molecule has 0 saturated heterocycles. The van der Waals surface area contributed by atoms with E-state index < -0.39 is 0 Å². The van der Waals surface area contributed by atoms with Gasteiger partial charge in [0.25, 0.3) is 0 Å². The van der Waals surface area contributed by atoms with E-state index in [0.717, 1.165) is 29.9 Å². The molecule has 0 aliphatic carbocycles. The quantitative estimate of drug-likeness (QED) is 0.490. The molecule has 0 bridgehead atoms. The van der Waals surface area contributed by atoms with Gasteiger partial charge in [-0.25, -0.2) is 5.84 Å². The number of hydrazine groups is 1. The molecule has 22 heavy (non-hydrogen) atoms. The first-order valence-electron chi connectivity index (χ1n) is 7.10. The van der Waals surface area contributed by atoms with Crippen LogP contribution in [0.5, 0.6) is 5.75 Å². The molecule has 1 unspecified atom stereocenters. The molecule has 0 radical (unpaired) electrons. The lowest BCUT2D eigenvalue weighted by molar-refractivity contribution is -0.121. The molecule has 1 heterocycles. The third-order valence-corrected chi connectivity index (χ3v) is 4.66. The van der Waals surface area contributed by atoms with Crippen molar-refractivity contribution in [2.24, 2.45) is 10.8 Å². The number of hydrogen-bond donors (Lipinski definition) is 2. The van der Waals surface area contributed by atoms with Crippen molar-refractivity contribution in [3.63, 3.8) is 0 Å². The highest BCUT2D eigenvalue weighted by atomic mass is 35.5. The fourth-order valence-corrected chi connectivity index (χ4v) is 3.10. The molecule has 7 heteroatoms. The van der Waals surface area contributed by atoms with E-state index in [1.807, 2.05) is 6.07 Å². The molecule has 0 aromatic heterocycles. The fraction of sp³-hybridized carbons (Fsp3) is 0.467. The molecule has 0 fully saturated rings. The predicted molar refractivity (Wildman–Crippen MR) is 88.9 cm³/mol. The number of carbonyl (C=O) groups excluding carboxylic acids is 1. The number of aliphatic imine (C=N–C) groups is 1. The molecule has 1 amide bonds. The second-order valence-corrected chi connectivity index (χ2v) is 5.97. The van der Waals surface area contributed by atoms with E-state index in [4.69, 9.17) is 33.8 Å². The zero-order valence-corrected chi connectivity index (χ0v) is 13.9. The minimum Gasteiger partial charge on any atom is -0.496 e. The van der Waals surface area contributed by atoms with Crippen molar-refractivity contribution in [3.8, 4) is 5.75 Å². The molecule has 1 aliphatic heterocycles. The van der Waals surface area contributed by atoms with Crippen molar-refractivity contribution in [3.05, 3.63) is 27.7 Å². The van der Waals surface area contributed by atoms with E-state index in [0.29, 0.717) is 29.4 Å². The zero-order chi connectivity index (χ0) is 16.1. The van der Waals surface area contributed by atoms with E-state index in [-0.39, 0.29) is 11.8 Å². The number of nitrogens with zero attached hydrogens (tertiary/aromatic N) is 1. The van der Waals surface area contributed by atoms with Crippen molar-refractivity contribution in [2.45, 2.75) is 31.6 Å². The van der Waals surface area contributed by atoms with Crippen molar-refractivity contribution in [1.29, 1.82) is 0 Å². The Morgan fingerprint density at radius 3 is 2.86 bits per heavy atom. The van der Waals surface area contributed by atoms with Gasteiger partial charge in [-0.05, 0) is 31.4 Å². The van der Waals surface area contributed by atoms with Crippen molar-refractivity contribution < 1.29 is 9.53 Å². The summed E-state index contributed by atoms with van der Waals surface area (Å²) >= 11 is 12.5. The summed E-state index contributed by atoms with van der Waals surface area (Å²) in [4.78, 5) is 15.7. The highest BCUT2D eigenvalue weighted by molar-refractivity contribution is 6.42. The Kier molecular flexibility index (Phi) is 6.06. The van der Waals surface area contributed by atoms with Gasteiger partial charge in [0.2, 0.25) is 5.91 Å². The van der Waals surface area contributed by atoms with Crippen LogP contribution >= 0.6 is 23.2 Å². The van der Waals surface area contributed by atoms with Crippen LogP contribution in [0.25, 0.3) is 0 Å². The summed E-state index contributed by atoms with van der Waals surface area (Å²) in [7, 11) is 1.62. The fourth-order valence-electron chi connectivity index (χ4n) is 2.63. The third-order valence-electron chi connectivity index (χ3n) is 3.84. The summed E-state index contributed by atoms with van der Waals surface area (Å²) in [6.45, 7) is 0.621. The summed E-state index contributed by atoms with van der Waals surface area (Å²) in [6, 6.07) is 3.56. The second-order valence-electron chi connectivity index (χ2n) is 5.19. The van der Waals surface area contributed by atoms with Gasteiger partial charge in [-0.15, -0.1) is 0 Å². The number of ether oxygens (including phenoxy) is 1. The first-order valence-corrected chi connectivity index (χ1v) is 7.86. The smallest absolute Gasteiger partial charge is 0.234 e. The molecule has 5 nitrogen and oxygen atoms in total. The maximum atomic E-state index is 11.2. The van der Waals surface area contributed by atoms with Crippen molar-refractivity contribution in [1.82, 2.24) is 5.43 Å². The summed E-state index contributed by atoms with van der Waals surface area (Å²) in [5.74, 6) is 5.80. The molecular weight excluding hydrogens is 325 g/mol. The first-order chi connectivity index (χ1) is 10.6. The molecule has 1 aromatic carbocycles. The van der Waals surface area contributed by atoms with Crippen LogP contribution < -0.4 is 16.0 Å². The topological polar surface area (TPSA) is 76.7 Å². The number of methoxy groups -OCH3 is 1. The van der Waals surface area contributed by atoms with Gasteiger partial charge >= 0.3 is 0 Å². The summed E-state index contributed by atoms with van der Waals surface area (Å²) < 4.78 is 5.40. The SMILES string of the molecule is COc1ccc(Cl)c(Cl)c1C1CCC(CCC(=O)NN)=NC1. The van der Waals surface area contributed by atoms with Crippen LogP contribution in [-0.4, -0.2) is 25.3 Å². The molecule has 120 valence electrons. The van der Waals surface area contributed by atoms with E-state index >= 15 is 0 Å². The van der Waals surface area contributed by atoms with Gasteiger partial charge in [0.05, 0.1) is 17.2 Å². The molecule has 1 atom stereocenters. The lowest BCUT2D eigenvalue weighted by atomic mass is 9.89. The molecule has 0 saturated carbocycles. The number of hydrogen-bond acceptors (Lipinski definition) is 4. The van der Waals surface area contributed by atoms with Crippen LogP contribution in [-0.2, 0) is 4.79 Å². The van der Waals surface area contributed by atoms with E-state index in [1.54, 1.807) is 13.2 Å². The minimum absolute atomic E-state index is 0.174. The predicted octanol–water partition coefficient (Wildman–Crippen LogP) is 3.09. The van der Waals surface area contributed by atoms with E-state index in [2.05, 4.69) is 10.4 Å². The summed E-state index contributed by atoms with van der Waals surface area (Å²) in [5, 5.41) is 1.05. The Labute approximate surface area is 139 Å². The highest BCUT2D eigenvalue weighted by Gasteiger charge is 2.24. The number of nitrogens with two attached hydrogens (primary N) is 1. The second kappa shape index (κ2) is 7.81. The van der Waals surface area contributed by atoms with Crippen molar-refractivity contribution in [2.75, 3.05) is 13.7 Å². The van der Waals surface area contributed by atoms with Gasteiger partial charge in [0.15, 0.2) is 0 Å². The standard InChI is InChI=1S/C15H19Cl2N3O2/c1-22-12-6-5-11(16)15(17)14(12)9-2-3-10(19-8-9)4-7-13(21)20-18/h5-6,9H,2-4,7-8,18H2,1H3,(H,20,21). The van der Waals surface area contributed by atoms with Crippen LogP contribution in [0.4, 0.5) is 0 Å². The minimum atomic E-state index is -0.177. The third kappa shape index (κ3) is 3.91. The zero-order valence-electron chi connectivity index (χ0n) is 12.4. The Hall–Kier alpha value is -1.30. The molecular formula is C15H19Cl2N3O2. The Bertz CT molecular complexity index is 590. The number of nitrogens with one attached hydrogen (secondary N) is 1. The maximum absolute atomic E-state index is 11.2. The Balaban J connectivity index is 2.10. The van der Waals surface area contributed by atoms with Gasteiger partial charge < -0.3 is 4.74 Å². The van der Waals surface area contributed by atoms with Crippen LogP contribution in [0.15, 0.2) is 17.1 Å². The van der Waals surface area contributed by atoms with Gasteiger partial charge in [-0.2, -0.15) is 0 Å². The average Bonchev–Trinajstić information content (AvgIpc) is 2.55. The van der Waals surface area contributed by atoms with E-state index in [9.17, 15) is 4.79 Å². The van der Waals surface area contributed by atoms with Crippen LogP contribution in [0.2, 0.25) is 10.0 Å². The largest absolute Gasteiger partial charge is 0.496 e. The molecule has 3 N–H and O–H groups in total. The van der Waals surface area contributed by atoms with Gasteiger partial charge in [0.1, 0.15) is 5.75 Å². The Morgan fingerprint density at radius 1 is 1.50 bits per heavy atom.